The minimum Gasteiger partial charge on any atom is -0.444 e. The molecule has 0 aliphatic carbocycles. The summed E-state index contributed by atoms with van der Waals surface area (Å²) in [6.45, 7) is 14.1. The number of aromatic nitrogens is 1. The van der Waals surface area contributed by atoms with Crippen LogP contribution in [0.4, 0.5) is 16.3 Å². The molecule has 2 aliphatic heterocycles. The maximum absolute atomic E-state index is 12.4. The number of pyridine rings is 1. The van der Waals surface area contributed by atoms with Crippen LogP contribution in [0.15, 0.2) is 12.3 Å². The molecule has 7 heteroatoms. The highest BCUT2D eigenvalue weighted by Crippen LogP contribution is 2.35. The summed E-state index contributed by atoms with van der Waals surface area (Å²) in [4.78, 5) is 23.5. The monoisotopic (exact) mass is 394 g/mol. The van der Waals surface area contributed by atoms with Crippen LogP contribution in [-0.2, 0) is 4.74 Å². The standard InChI is InChI=1S/C20H31ClN4O2/c1-14-6-7-23(12-14)17-10-16(21)11-22-18(17)25-9-8-24(13-15(25)2)19(26)27-20(3,4)5/h10-11,14-15H,6-9,12-13H2,1-5H3. The maximum atomic E-state index is 12.4. The Morgan fingerprint density at radius 3 is 2.56 bits per heavy atom. The van der Waals surface area contributed by atoms with E-state index in [1.54, 1.807) is 11.1 Å². The molecule has 1 aromatic heterocycles. The van der Waals surface area contributed by atoms with Gasteiger partial charge in [-0.1, -0.05) is 18.5 Å². The van der Waals surface area contributed by atoms with E-state index in [1.165, 1.54) is 6.42 Å². The molecule has 1 aromatic rings. The van der Waals surface area contributed by atoms with Gasteiger partial charge in [-0.2, -0.15) is 0 Å². The highest BCUT2D eigenvalue weighted by atomic mass is 35.5. The average Bonchev–Trinajstić information content (AvgIpc) is 3.00. The van der Waals surface area contributed by atoms with E-state index in [4.69, 9.17) is 16.3 Å². The fourth-order valence-electron chi connectivity index (χ4n) is 3.79. The second-order valence-corrected chi connectivity index (χ2v) is 9.24. The number of carbonyl (C=O) groups is 1. The van der Waals surface area contributed by atoms with Gasteiger partial charge < -0.3 is 19.4 Å². The van der Waals surface area contributed by atoms with Crippen LogP contribution >= 0.6 is 11.6 Å². The minimum atomic E-state index is -0.477. The molecule has 0 saturated carbocycles. The van der Waals surface area contributed by atoms with Crippen molar-refractivity contribution in [3.8, 4) is 0 Å². The molecular formula is C20H31ClN4O2. The first-order valence-corrected chi connectivity index (χ1v) is 10.2. The first kappa shape index (κ1) is 20.1. The first-order valence-electron chi connectivity index (χ1n) is 9.79. The van der Waals surface area contributed by atoms with Crippen LogP contribution < -0.4 is 9.80 Å². The number of halogens is 1. The first-order chi connectivity index (χ1) is 12.6. The van der Waals surface area contributed by atoms with Crippen molar-refractivity contribution in [3.63, 3.8) is 0 Å². The molecule has 150 valence electrons. The number of hydrogen-bond acceptors (Lipinski definition) is 5. The summed E-state index contributed by atoms with van der Waals surface area (Å²) in [6.07, 6.45) is 2.66. The second kappa shape index (κ2) is 7.74. The van der Waals surface area contributed by atoms with E-state index in [2.05, 4.69) is 28.6 Å². The molecule has 0 N–H and O–H groups in total. The lowest BCUT2D eigenvalue weighted by Crippen LogP contribution is -2.55. The van der Waals surface area contributed by atoms with E-state index in [0.29, 0.717) is 24.0 Å². The lowest BCUT2D eigenvalue weighted by atomic mass is 10.1. The van der Waals surface area contributed by atoms with Gasteiger partial charge in [0.15, 0.2) is 5.82 Å². The Labute approximate surface area is 167 Å². The van der Waals surface area contributed by atoms with Crippen LogP contribution in [0.1, 0.15) is 41.0 Å². The van der Waals surface area contributed by atoms with E-state index in [0.717, 1.165) is 31.1 Å². The summed E-state index contributed by atoms with van der Waals surface area (Å²) >= 11 is 6.26. The summed E-state index contributed by atoms with van der Waals surface area (Å²) in [5.74, 6) is 1.64. The van der Waals surface area contributed by atoms with Crippen molar-refractivity contribution < 1.29 is 9.53 Å². The minimum absolute atomic E-state index is 0.152. The Bertz CT molecular complexity index is 691. The topological polar surface area (TPSA) is 48.9 Å². The maximum Gasteiger partial charge on any atom is 0.410 e. The summed E-state index contributed by atoms with van der Waals surface area (Å²) in [5.41, 5.74) is 0.624. The molecule has 27 heavy (non-hydrogen) atoms. The molecular weight excluding hydrogens is 364 g/mol. The third kappa shape index (κ3) is 4.78. The van der Waals surface area contributed by atoms with Crippen LogP contribution in [0.5, 0.6) is 0 Å². The number of carbonyl (C=O) groups excluding carboxylic acids is 1. The molecule has 6 nitrogen and oxygen atoms in total. The zero-order chi connectivity index (χ0) is 19.8. The van der Waals surface area contributed by atoms with Crippen molar-refractivity contribution in [3.05, 3.63) is 17.3 Å². The molecule has 3 rings (SSSR count). The van der Waals surface area contributed by atoms with Crippen LogP contribution in [0.25, 0.3) is 0 Å². The lowest BCUT2D eigenvalue weighted by molar-refractivity contribution is 0.0218. The van der Waals surface area contributed by atoms with Crippen LogP contribution in [0.2, 0.25) is 5.02 Å². The van der Waals surface area contributed by atoms with Gasteiger partial charge in [-0.15, -0.1) is 0 Å². The van der Waals surface area contributed by atoms with Crippen LogP contribution in [-0.4, -0.2) is 60.3 Å². The number of hydrogen-bond donors (Lipinski definition) is 0. The largest absolute Gasteiger partial charge is 0.444 e. The number of ether oxygens (including phenoxy) is 1. The Morgan fingerprint density at radius 1 is 1.22 bits per heavy atom. The van der Waals surface area contributed by atoms with Gasteiger partial charge in [0, 0.05) is 45.0 Å². The van der Waals surface area contributed by atoms with Gasteiger partial charge in [-0.05, 0) is 46.1 Å². The molecule has 0 radical (unpaired) electrons. The van der Waals surface area contributed by atoms with Crippen molar-refractivity contribution in [2.24, 2.45) is 5.92 Å². The third-order valence-electron chi connectivity index (χ3n) is 5.13. The zero-order valence-corrected chi connectivity index (χ0v) is 17.8. The molecule has 0 bridgehead atoms. The van der Waals surface area contributed by atoms with Gasteiger partial charge in [0.25, 0.3) is 0 Å². The fourth-order valence-corrected chi connectivity index (χ4v) is 3.95. The third-order valence-corrected chi connectivity index (χ3v) is 5.34. The van der Waals surface area contributed by atoms with Crippen LogP contribution in [0, 0.1) is 5.92 Å². The normalized spacial score (nSPS) is 23.7. The molecule has 1 amide bonds. The molecule has 2 aliphatic rings. The Hall–Kier alpha value is -1.69. The van der Waals surface area contributed by atoms with Crippen molar-refractivity contribution in [1.29, 1.82) is 0 Å². The van der Waals surface area contributed by atoms with Crippen molar-refractivity contribution in [1.82, 2.24) is 9.88 Å². The zero-order valence-electron chi connectivity index (χ0n) is 17.0. The quantitative estimate of drug-likeness (QED) is 0.758. The Balaban J connectivity index is 1.75. The Kier molecular flexibility index (Phi) is 5.75. The molecule has 0 spiro atoms. The van der Waals surface area contributed by atoms with Crippen molar-refractivity contribution >= 4 is 29.2 Å². The average molecular weight is 395 g/mol. The van der Waals surface area contributed by atoms with Gasteiger partial charge in [-0.25, -0.2) is 9.78 Å². The predicted molar refractivity (Wildman–Crippen MR) is 110 cm³/mol. The summed E-state index contributed by atoms with van der Waals surface area (Å²) in [5, 5.41) is 0.661. The van der Waals surface area contributed by atoms with Crippen molar-refractivity contribution in [2.75, 3.05) is 42.5 Å². The summed E-state index contributed by atoms with van der Waals surface area (Å²) < 4.78 is 5.53. The van der Waals surface area contributed by atoms with Gasteiger partial charge in [0.05, 0.1) is 10.7 Å². The number of amides is 1. The predicted octanol–water partition coefficient (Wildman–Crippen LogP) is 4.03. The summed E-state index contributed by atoms with van der Waals surface area (Å²) in [6, 6.07) is 2.17. The highest BCUT2D eigenvalue weighted by molar-refractivity contribution is 6.30. The molecule has 0 aromatic carbocycles. The molecule has 3 heterocycles. The fraction of sp³-hybridized carbons (Fsp3) is 0.700. The van der Waals surface area contributed by atoms with E-state index in [1.807, 2.05) is 26.8 Å². The van der Waals surface area contributed by atoms with Gasteiger partial charge in [0.2, 0.25) is 0 Å². The number of rotatable bonds is 2. The van der Waals surface area contributed by atoms with E-state index < -0.39 is 5.60 Å². The Morgan fingerprint density at radius 2 is 1.96 bits per heavy atom. The molecule has 2 fully saturated rings. The van der Waals surface area contributed by atoms with Crippen LogP contribution in [0.3, 0.4) is 0 Å². The number of piperazine rings is 1. The van der Waals surface area contributed by atoms with Gasteiger partial charge in [-0.3, -0.25) is 0 Å². The smallest absolute Gasteiger partial charge is 0.410 e. The van der Waals surface area contributed by atoms with E-state index in [9.17, 15) is 4.79 Å². The summed E-state index contributed by atoms with van der Waals surface area (Å²) in [7, 11) is 0. The number of anilines is 2. The van der Waals surface area contributed by atoms with Gasteiger partial charge in [0.1, 0.15) is 5.60 Å². The van der Waals surface area contributed by atoms with Gasteiger partial charge >= 0.3 is 6.09 Å². The lowest BCUT2D eigenvalue weighted by Gasteiger charge is -2.42. The molecule has 2 unspecified atom stereocenters. The SMILES string of the molecule is CC1CCN(c2cc(Cl)cnc2N2CCN(C(=O)OC(C)(C)C)CC2C)C1. The van der Waals surface area contributed by atoms with E-state index in [-0.39, 0.29) is 12.1 Å². The second-order valence-electron chi connectivity index (χ2n) is 8.80. The van der Waals surface area contributed by atoms with E-state index >= 15 is 0 Å². The van der Waals surface area contributed by atoms with Crippen molar-refractivity contribution in [2.45, 2.75) is 52.7 Å². The highest BCUT2D eigenvalue weighted by Gasteiger charge is 2.33. The molecule has 2 saturated heterocycles. The molecule has 2 atom stereocenters. The number of nitrogens with zero attached hydrogens (tertiary/aromatic N) is 4.